The molecule has 1 aliphatic heterocycles. The first-order valence-corrected chi connectivity index (χ1v) is 6.26. The third-order valence-electron chi connectivity index (χ3n) is 3.21. The van der Waals surface area contributed by atoms with Gasteiger partial charge in [0.25, 0.3) is 0 Å². The summed E-state index contributed by atoms with van der Waals surface area (Å²) in [5.74, 6) is -7.95. The summed E-state index contributed by atoms with van der Waals surface area (Å²) in [6.07, 6.45) is -5.50. The predicted molar refractivity (Wildman–Crippen MR) is 62.7 cm³/mol. The molecule has 2 N–H and O–H groups in total. The molecular formula is C11H16F5N3O2. The maximum atomic E-state index is 12.8. The van der Waals surface area contributed by atoms with Crippen LogP contribution in [0.3, 0.4) is 0 Å². The average Bonchev–Trinajstić information content (AvgIpc) is 2.39. The Bertz CT molecular complexity index is 392. The fourth-order valence-corrected chi connectivity index (χ4v) is 1.92. The number of nitrogens with one attached hydrogen (secondary N) is 2. The predicted octanol–water partition coefficient (Wildman–Crippen LogP) is 0.511. The molecule has 1 heterocycles. The molecule has 0 spiro atoms. The number of carbonyl (C=O) groups is 2. The van der Waals surface area contributed by atoms with Crippen molar-refractivity contribution in [2.45, 2.75) is 31.0 Å². The van der Waals surface area contributed by atoms with Gasteiger partial charge >= 0.3 is 18.0 Å². The fourth-order valence-electron chi connectivity index (χ4n) is 1.92. The van der Waals surface area contributed by atoms with E-state index in [1.807, 2.05) is 0 Å². The zero-order valence-corrected chi connectivity index (χ0v) is 11.3. The summed E-state index contributed by atoms with van der Waals surface area (Å²) in [6.45, 7) is 0.780. The van der Waals surface area contributed by atoms with Crippen LogP contribution in [0.2, 0.25) is 0 Å². The molecule has 122 valence electrons. The maximum Gasteiger partial charge on any atom is 0.463 e. The first-order chi connectivity index (χ1) is 9.57. The zero-order chi connectivity index (χ0) is 16.3. The van der Waals surface area contributed by atoms with E-state index in [4.69, 9.17) is 0 Å². The Labute approximate surface area is 117 Å². The SMILES string of the molecule is CNC(=O)CN1CCC(NC(=O)C(F)(F)C(F)(F)F)CC1. The molecule has 1 fully saturated rings. The molecule has 0 aromatic carbocycles. The van der Waals surface area contributed by atoms with Gasteiger partial charge in [0, 0.05) is 26.2 Å². The summed E-state index contributed by atoms with van der Waals surface area (Å²) >= 11 is 0. The van der Waals surface area contributed by atoms with Gasteiger partial charge in [-0.25, -0.2) is 0 Å². The zero-order valence-electron chi connectivity index (χ0n) is 11.3. The van der Waals surface area contributed by atoms with Gasteiger partial charge in [-0.1, -0.05) is 0 Å². The van der Waals surface area contributed by atoms with Crippen molar-refractivity contribution in [1.82, 2.24) is 15.5 Å². The fraction of sp³-hybridized carbons (Fsp3) is 0.818. The topological polar surface area (TPSA) is 61.4 Å². The van der Waals surface area contributed by atoms with Crippen LogP contribution < -0.4 is 10.6 Å². The van der Waals surface area contributed by atoms with Crippen LogP contribution >= 0.6 is 0 Å². The minimum absolute atomic E-state index is 0.121. The van der Waals surface area contributed by atoms with Gasteiger partial charge in [-0.2, -0.15) is 22.0 Å². The molecule has 0 aromatic heterocycles. The van der Waals surface area contributed by atoms with Gasteiger partial charge in [0.05, 0.1) is 6.54 Å². The Morgan fingerprint density at radius 1 is 1.14 bits per heavy atom. The summed E-state index contributed by atoms with van der Waals surface area (Å²) in [7, 11) is 1.47. The van der Waals surface area contributed by atoms with E-state index in [0.29, 0.717) is 13.1 Å². The Balaban J connectivity index is 2.46. The van der Waals surface area contributed by atoms with E-state index < -0.39 is 24.0 Å². The number of likely N-dealkylation sites (tertiary alicyclic amines) is 1. The molecule has 0 aromatic rings. The standard InChI is InChI=1S/C11H16F5N3O2/c1-17-8(20)6-19-4-2-7(3-5-19)18-9(21)10(12,13)11(14,15)16/h7H,2-6H2,1H3,(H,17,20)(H,18,21). The number of piperidine rings is 1. The van der Waals surface area contributed by atoms with Gasteiger partial charge in [-0.05, 0) is 12.8 Å². The molecule has 0 bridgehead atoms. The second kappa shape index (κ2) is 6.54. The maximum absolute atomic E-state index is 12.8. The quantitative estimate of drug-likeness (QED) is 0.743. The normalized spacial score (nSPS) is 18.4. The van der Waals surface area contributed by atoms with E-state index >= 15 is 0 Å². The molecule has 0 atom stereocenters. The van der Waals surface area contributed by atoms with Gasteiger partial charge in [0.1, 0.15) is 0 Å². The second-order valence-corrected chi connectivity index (χ2v) is 4.77. The molecule has 10 heteroatoms. The lowest BCUT2D eigenvalue weighted by molar-refractivity contribution is -0.270. The summed E-state index contributed by atoms with van der Waals surface area (Å²) < 4.78 is 61.6. The van der Waals surface area contributed by atoms with Crippen molar-refractivity contribution in [3.8, 4) is 0 Å². The lowest BCUT2D eigenvalue weighted by Crippen LogP contribution is -2.55. The number of hydrogen-bond donors (Lipinski definition) is 2. The van der Waals surface area contributed by atoms with Crippen LogP contribution in [-0.2, 0) is 9.59 Å². The molecule has 0 unspecified atom stereocenters. The number of amides is 2. The van der Waals surface area contributed by atoms with E-state index in [9.17, 15) is 31.5 Å². The van der Waals surface area contributed by atoms with Crippen LogP contribution in [0.4, 0.5) is 22.0 Å². The van der Waals surface area contributed by atoms with Gasteiger partial charge in [-0.3, -0.25) is 14.5 Å². The van der Waals surface area contributed by atoms with Crippen LogP contribution in [0.5, 0.6) is 0 Å². The average molecular weight is 317 g/mol. The highest BCUT2D eigenvalue weighted by Gasteiger charge is 2.63. The van der Waals surface area contributed by atoms with Crippen molar-refractivity contribution in [2.75, 3.05) is 26.7 Å². The van der Waals surface area contributed by atoms with Crippen LogP contribution in [-0.4, -0.2) is 61.5 Å². The van der Waals surface area contributed by atoms with E-state index in [1.165, 1.54) is 7.05 Å². The van der Waals surface area contributed by atoms with Gasteiger partial charge in [0.15, 0.2) is 0 Å². The second-order valence-electron chi connectivity index (χ2n) is 4.77. The Kier molecular flexibility index (Phi) is 5.48. The van der Waals surface area contributed by atoms with Crippen molar-refractivity contribution < 1.29 is 31.5 Å². The van der Waals surface area contributed by atoms with Gasteiger partial charge in [0.2, 0.25) is 5.91 Å². The molecule has 0 saturated carbocycles. The molecular weight excluding hydrogens is 301 g/mol. The summed E-state index contributed by atoms with van der Waals surface area (Å²) in [6, 6.07) is -0.758. The van der Waals surface area contributed by atoms with Crippen LogP contribution in [0.1, 0.15) is 12.8 Å². The number of rotatable bonds is 4. The lowest BCUT2D eigenvalue weighted by Gasteiger charge is -2.32. The van der Waals surface area contributed by atoms with Crippen LogP contribution in [0.15, 0.2) is 0 Å². The smallest absolute Gasteiger partial charge is 0.358 e. The minimum Gasteiger partial charge on any atom is -0.358 e. The molecule has 0 aliphatic carbocycles. The highest BCUT2D eigenvalue weighted by atomic mass is 19.4. The molecule has 5 nitrogen and oxygen atoms in total. The first-order valence-electron chi connectivity index (χ1n) is 6.26. The van der Waals surface area contributed by atoms with Crippen LogP contribution in [0, 0.1) is 0 Å². The number of likely N-dealkylation sites (N-methyl/N-ethyl adjacent to an activating group) is 1. The minimum atomic E-state index is -5.91. The number of halogens is 5. The number of nitrogens with zero attached hydrogens (tertiary/aromatic N) is 1. The monoisotopic (exact) mass is 317 g/mol. The third-order valence-corrected chi connectivity index (χ3v) is 3.21. The van der Waals surface area contributed by atoms with Crippen molar-refractivity contribution >= 4 is 11.8 Å². The van der Waals surface area contributed by atoms with E-state index in [0.717, 1.165) is 0 Å². The van der Waals surface area contributed by atoms with Crippen molar-refractivity contribution in [3.05, 3.63) is 0 Å². The van der Waals surface area contributed by atoms with Crippen molar-refractivity contribution in [2.24, 2.45) is 0 Å². The number of carbonyl (C=O) groups excluding carboxylic acids is 2. The van der Waals surface area contributed by atoms with Gasteiger partial charge < -0.3 is 10.6 Å². The Hall–Kier alpha value is -1.45. The molecule has 21 heavy (non-hydrogen) atoms. The summed E-state index contributed by atoms with van der Waals surface area (Å²) in [4.78, 5) is 23.9. The Morgan fingerprint density at radius 3 is 2.10 bits per heavy atom. The van der Waals surface area contributed by atoms with Gasteiger partial charge in [-0.15, -0.1) is 0 Å². The summed E-state index contributed by atoms with van der Waals surface area (Å²) in [5, 5.41) is 4.14. The third kappa shape index (κ3) is 4.51. The van der Waals surface area contributed by atoms with E-state index in [2.05, 4.69) is 5.32 Å². The molecule has 2 amide bonds. The molecule has 1 rings (SSSR count). The lowest BCUT2D eigenvalue weighted by atomic mass is 10.0. The van der Waals surface area contributed by atoms with E-state index in [-0.39, 0.29) is 25.3 Å². The largest absolute Gasteiger partial charge is 0.463 e. The number of alkyl halides is 5. The highest BCUT2D eigenvalue weighted by Crippen LogP contribution is 2.35. The Morgan fingerprint density at radius 2 is 1.67 bits per heavy atom. The van der Waals surface area contributed by atoms with Crippen molar-refractivity contribution in [1.29, 1.82) is 0 Å². The number of hydrogen-bond acceptors (Lipinski definition) is 3. The molecule has 1 saturated heterocycles. The highest BCUT2D eigenvalue weighted by molar-refractivity contribution is 5.84. The molecule has 1 aliphatic rings. The van der Waals surface area contributed by atoms with Crippen molar-refractivity contribution in [3.63, 3.8) is 0 Å². The van der Waals surface area contributed by atoms with E-state index in [1.54, 1.807) is 10.2 Å². The van der Waals surface area contributed by atoms with Crippen LogP contribution in [0.25, 0.3) is 0 Å². The summed E-state index contributed by atoms with van der Waals surface area (Å²) in [5.41, 5.74) is 0. The first kappa shape index (κ1) is 17.6. The molecule has 0 radical (unpaired) electrons.